The summed E-state index contributed by atoms with van der Waals surface area (Å²) < 4.78 is 29.0. The maximum Gasteiger partial charge on any atom is 0.247 e. The Kier molecular flexibility index (Phi) is 7.16. The van der Waals surface area contributed by atoms with Crippen LogP contribution in [0.5, 0.6) is 0 Å². The third-order valence-corrected chi connectivity index (χ3v) is 3.09. The minimum Gasteiger partial charge on any atom is -0.383 e. The van der Waals surface area contributed by atoms with Crippen LogP contribution in [-0.4, -0.2) is 32.4 Å². The largest absolute Gasteiger partial charge is 0.383 e. The summed E-state index contributed by atoms with van der Waals surface area (Å²) in [5.74, 6) is -0.152. The Morgan fingerprint density at radius 1 is 1.41 bits per heavy atom. The van der Waals surface area contributed by atoms with E-state index in [9.17, 15) is 8.78 Å². The minimum absolute atomic E-state index is 0.152. The van der Waals surface area contributed by atoms with Crippen LogP contribution in [0.4, 0.5) is 8.78 Å². The molecule has 0 unspecified atom stereocenters. The second-order valence-electron chi connectivity index (χ2n) is 3.52. The van der Waals surface area contributed by atoms with Gasteiger partial charge in [0.05, 0.1) is 12.4 Å². The number of alkyl halides is 2. The summed E-state index contributed by atoms with van der Waals surface area (Å²) in [5, 5.41) is 3.21. The molecular weight excluding hydrogens is 244 g/mol. The Bertz CT molecular complexity index is 323. The Morgan fingerprint density at radius 3 is 2.94 bits per heavy atom. The second kappa shape index (κ2) is 8.44. The average Bonchev–Trinajstić information content (AvgIpc) is 2.33. The first-order valence-corrected chi connectivity index (χ1v) is 6.40. The molecule has 96 valence electrons. The molecule has 2 nitrogen and oxygen atoms in total. The number of thioether (sulfide) groups is 1. The molecule has 0 fully saturated rings. The fraction of sp³-hybridized carbons (Fsp3) is 0.500. The summed E-state index contributed by atoms with van der Waals surface area (Å²) in [7, 11) is 1.66. The molecule has 0 atom stereocenters. The highest BCUT2D eigenvalue weighted by molar-refractivity contribution is 7.99. The van der Waals surface area contributed by atoms with Gasteiger partial charge in [-0.3, -0.25) is 0 Å². The number of rotatable bonds is 8. The third-order valence-electron chi connectivity index (χ3n) is 2.09. The van der Waals surface area contributed by atoms with Gasteiger partial charge >= 0.3 is 0 Å². The highest BCUT2D eigenvalue weighted by Gasteiger charge is 2.03. The lowest BCUT2D eigenvalue weighted by molar-refractivity contribution is 0.177. The molecule has 1 N–H and O–H groups in total. The fourth-order valence-electron chi connectivity index (χ4n) is 1.31. The molecule has 0 saturated carbocycles. The van der Waals surface area contributed by atoms with E-state index in [2.05, 4.69) is 5.32 Å². The number of nitrogens with one attached hydrogen (secondary N) is 1. The fourth-order valence-corrected chi connectivity index (χ4v) is 2.04. The standard InChI is InChI=1S/C12H17F2NOS/c1-16-6-5-15-8-10-3-2-4-11(7-10)17-9-12(13)14/h2-4,7,12,15H,5-6,8-9H2,1H3. The monoisotopic (exact) mass is 261 g/mol. The molecule has 5 heteroatoms. The van der Waals surface area contributed by atoms with Crippen molar-refractivity contribution in [3.05, 3.63) is 29.8 Å². The third kappa shape index (κ3) is 6.61. The Morgan fingerprint density at radius 2 is 2.24 bits per heavy atom. The zero-order valence-electron chi connectivity index (χ0n) is 9.79. The maximum atomic E-state index is 12.1. The van der Waals surface area contributed by atoms with Crippen molar-refractivity contribution in [2.75, 3.05) is 26.0 Å². The molecule has 17 heavy (non-hydrogen) atoms. The van der Waals surface area contributed by atoms with Gasteiger partial charge in [0.1, 0.15) is 0 Å². The average molecular weight is 261 g/mol. The van der Waals surface area contributed by atoms with E-state index >= 15 is 0 Å². The van der Waals surface area contributed by atoms with Gasteiger partial charge in [0, 0.05) is 25.1 Å². The molecule has 0 aliphatic heterocycles. The number of methoxy groups -OCH3 is 1. The van der Waals surface area contributed by atoms with Crippen molar-refractivity contribution in [1.29, 1.82) is 0 Å². The van der Waals surface area contributed by atoms with Gasteiger partial charge in [-0.2, -0.15) is 0 Å². The molecule has 0 aliphatic rings. The van der Waals surface area contributed by atoms with Crippen LogP contribution in [0.1, 0.15) is 5.56 Å². The van der Waals surface area contributed by atoms with Gasteiger partial charge < -0.3 is 10.1 Å². The zero-order valence-corrected chi connectivity index (χ0v) is 10.6. The van der Waals surface area contributed by atoms with Gasteiger partial charge in [0.15, 0.2) is 0 Å². The number of benzene rings is 1. The van der Waals surface area contributed by atoms with Crippen molar-refractivity contribution in [2.45, 2.75) is 17.9 Å². The van der Waals surface area contributed by atoms with E-state index in [4.69, 9.17) is 4.74 Å². The molecule has 0 aliphatic carbocycles. The first-order chi connectivity index (χ1) is 8.22. The number of halogens is 2. The van der Waals surface area contributed by atoms with Crippen molar-refractivity contribution < 1.29 is 13.5 Å². The second-order valence-corrected chi connectivity index (χ2v) is 4.61. The summed E-state index contributed by atoms with van der Waals surface area (Å²) in [5.41, 5.74) is 1.10. The van der Waals surface area contributed by atoms with Crippen LogP contribution in [0, 0.1) is 0 Å². The summed E-state index contributed by atoms with van der Waals surface area (Å²) in [6.07, 6.45) is -2.26. The van der Waals surface area contributed by atoms with Gasteiger partial charge in [-0.25, -0.2) is 8.78 Å². The molecular formula is C12H17F2NOS. The first-order valence-electron chi connectivity index (χ1n) is 5.42. The van der Waals surface area contributed by atoms with Crippen molar-refractivity contribution in [3.8, 4) is 0 Å². The lowest BCUT2D eigenvalue weighted by Crippen LogP contribution is -2.18. The quantitative estimate of drug-likeness (QED) is 0.574. The van der Waals surface area contributed by atoms with E-state index in [-0.39, 0.29) is 5.75 Å². The summed E-state index contributed by atoms with van der Waals surface area (Å²) >= 11 is 1.18. The van der Waals surface area contributed by atoms with Crippen LogP contribution in [0.15, 0.2) is 29.2 Å². The zero-order chi connectivity index (χ0) is 12.5. The predicted octanol–water partition coefficient (Wildman–Crippen LogP) is 2.78. The SMILES string of the molecule is COCCNCc1cccc(SCC(F)F)c1. The molecule has 0 aromatic heterocycles. The Balaban J connectivity index is 2.37. The molecule has 0 saturated heterocycles. The normalized spacial score (nSPS) is 11.1. The first kappa shape index (κ1) is 14.4. The van der Waals surface area contributed by atoms with Crippen LogP contribution in [0.25, 0.3) is 0 Å². The molecule has 0 amide bonds. The maximum absolute atomic E-state index is 12.1. The van der Waals surface area contributed by atoms with Crippen molar-refractivity contribution >= 4 is 11.8 Å². The van der Waals surface area contributed by atoms with Gasteiger partial charge in [-0.1, -0.05) is 12.1 Å². The van der Waals surface area contributed by atoms with E-state index in [0.29, 0.717) is 6.61 Å². The lowest BCUT2D eigenvalue weighted by Gasteiger charge is -2.06. The molecule has 0 bridgehead atoms. The van der Waals surface area contributed by atoms with Gasteiger partial charge in [0.25, 0.3) is 0 Å². The Hall–Kier alpha value is -0.650. The number of hydrogen-bond donors (Lipinski definition) is 1. The van der Waals surface area contributed by atoms with Crippen LogP contribution >= 0.6 is 11.8 Å². The molecule has 1 aromatic carbocycles. The van der Waals surface area contributed by atoms with Gasteiger partial charge in [0.2, 0.25) is 6.43 Å². The Labute approximate surface area is 105 Å². The smallest absolute Gasteiger partial charge is 0.247 e. The topological polar surface area (TPSA) is 21.3 Å². The van der Waals surface area contributed by atoms with E-state index in [1.165, 1.54) is 11.8 Å². The van der Waals surface area contributed by atoms with Crippen molar-refractivity contribution in [3.63, 3.8) is 0 Å². The highest BCUT2D eigenvalue weighted by atomic mass is 32.2. The number of ether oxygens (including phenoxy) is 1. The van der Waals surface area contributed by atoms with Crippen LogP contribution in [0.3, 0.4) is 0 Å². The minimum atomic E-state index is -2.26. The highest BCUT2D eigenvalue weighted by Crippen LogP contribution is 2.21. The predicted molar refractivity (Wildman–Crippen MR) is 66.8 cm³/mol. The van der Waals surface area contributed by atoms with Crippen LogP contribution in [-0.2, 0) is 11.3 Å². The van der Waals surface area contributed by atoms with Crippen LogP contribution in [0.2, 0.25) is 0 Å². The van der Waals surface area contributed by atoms with Crippen molar-refractivity contribution in [1.82, 2.24) is 5.32 Å². The lowest BCUT2D eigenvalue weighted by atomic mass is 10.2. The van der Waals surface area contributed by atoms with E-state index < -0.39 is 6.43 Å². The summed E-state index contributed by atoms with van der Waals surface area (Å²) in [4.78, 5) is 0.886. The summed E-state index contributed by atoms with van der Waals surface area (Å²) in [6.45, 7) is 2.18. The van der Waals surface area contributed by atoms with E-state index in [1.54, 1.807) is 7.11 Å². The number of hydrogen-bond acceptors (Lipinski definition) is 3. The molecule has 1 aromatic rings. The molecule has 0 heterocycles. The van der Waals surface area contributed by atoms with E-state index in [0.717, 1.165) is 23.5 Å². The van der Waals surface area contributed by atoms with Crippen LogP contribution < -0.4 is 5.32 Å². The molecule has 1 rings (SSSR count). The van der Waals surface area contributed by atoms with E-state index in [1.807, 2.05) is 24.3 Å². The van der Waals surface area contributed by atoms with Gasteiger partial charge in [-0.15, -0.1) is 11.8 Å². The van der Waals surface area contributed by atoms with Crippen molar-refractivity contribution in [2.24, 2.45) is 0 Å². The van der Waals surface area contributed by atoms with Gasteiger partial charge in [-0.05, 0) is 17.7 Å². The molecule has 0 spiro atoms. The molecule has 0 radical (unpaired) electrons. The summed E-state index contributed by atoms with van der Waals surface area (Å²) in [6, 6.07) is 7.66.